The van der Waals surface area contributed by atoms with E-state index in [1.165, 1.54) is 18.2 Å². The number of carbonyl (C=O) groups is 1. The van der Waals surface area contributed by atoms with Gasteiger partial charge in [0.15, 0.2) is 23.0 Å². The van der Waals surface area contributed by atoms with Gasteiger partial charge < -0.3 is 14.5 Å². The third-order valence-corrected chi connectivity index (χ3v) is 4.56. The molecule has 9 heteroatoms. The summed E-state index contributed by atoms with van der Waals surface area (Å²) in [6.07, 6.45) is 0. The lowest BCUT2D eigenvalue weighted by atomic mass is 10.1. The van der Waals surface area contributed by atoms with Gasteiger partial charge in [0, 0.05) is 11.3 Å². The van der Waals surface area contributed by atoms with E-state index >= 15 is 0 Å². The highest BCUT2D eigenvalue weighted by Gasteiger charge is 2.30. The quantitative estimate of drug-likeness (QED) is 0.337. The van der Waals surface area contributed by atoms with Crippen molar-refractivity contribution in [3.8, 4) is 17.2 Å². The van der Waals surface area contributed by atoms with E-state index in [-0.39, 0.29) is 5.69 Å². The van der Waals surface area contributed by atoms with E-state index in [0.29, 0.717) is 17.0 Å². The van der Waals surface area contributed by atoms with E-state index in [4.69, 9.17) is 4.42 Å². The number of rotatable bonds is 4. The van der Waals surface area contributed by atoms with Crippen molar-refractivity contribution >= 4 is 22.7 Å². The highest BCUT2D eigenvalue weighted by atomic mass is 19.2. The average Bonchev–Trinajstić information content (AvgIpc) is 3.16. The van der Waals surface area contributed by atoms with Gasteiger partial charge in [-0.2, -0.15) is 8.78 Å². The zero-order chi connectivity index (χ0) is 22.3. The van der Waals surface area contributed by atoms with E-state index in [2.05, 4.69) is 15.0 Å². The topological polar surface area (TPSA) is 64.4 Å². The van der Waals surface area contributed by atoms with Crippen LogP contribution in [0.1, 0.15) is 15.9 Å². The number of benzene rings is 3. The molecule has 0 radical (unpaired) electrons. The summed E-state index contributed by atoms with van der Waals surface area (Å²) in [5.41, 5.74) is 1.22. The summed E-state index contributed by atoms with van der Waals surface area (Å²) in [6.45, 7) is 1.92. The zero-order valence-electron chi connectivity index (χ0n) is 16.2. The Morgan fingerprint density at radius 3 is 2.35 bits per heavy atom. The molecule has 0 saturated heterocycles. The second-order valence-electron chi connectivity index (χ2n) is 6.69. The lowest BCUT2D eigenvalue weighted by molar-refractivity contribution is 0.101. The number of methoxy groups -OCH3 is 1. The number of aryl methyl sites for hydroxylation is 1. The van der Waals surface area contributed by atoms with Crippen LogP contribution < -0.4 is 10.1 Å². The number of fused-ring (bicyclic) bond motifs is 1. The molecule has 4 rings (SSSR count). The lowest BCUT2D eigenvalue weighted by Gasteiger charge is -2.11. The maximum Gasteiger partial charge on any atom is 0.261 e. The van der Waals surface area contributed by atoms with Crippen molar-refractivity contribution in [1.82, 2.24) is 4.98 Å². The monoisotopic (exact) mass is 430 g/mol. The van der Waals surface area contributed by atoms with Gasteiger partial charge in [0.25, 0.3) is 5.91 Å². The molecule has 3 aromatic carbocycles. The van der Waals surface area contributed by atoms with Gasteiger partial charge in [-0.25, -0.2) is 13.8 Å². The number of halogens is 4. The van der Waals surface area contributed by atoms with E-state index in [9.17, 15) is 22.4 Å². The molecule has 158 valence electrons. The third-order valence-electron chi connectivity index (χ3n) is 4.56. The maximum absolute atomic E-state index is 14.2. The molecular weight excluding hydrogens is 416 g/mol. The number of hydrogen-bond acceptors (Lipinski definition) is 4. The lowest BCUT2D eigenvalue weighted by Crippen LogP contribution is -2.18. The summed E-state index contributed by atoms with van der Waals surface area (Å²) >= 11 is 0. The van der Waals surface area contributed by atoms with E-state index in [1.807, 2.05) is 31.2 Å². The fourth-order valence-corrected chi connectivity index (χ4v) is 3.09. The van der Waals surface area contributed by atoms with Crippen LogP contribution in [0.2, 0.25) is 0 Å². The molecular formula is C22H14F4N2O3. The minimum atomic E-state index is -1.86. The van der Waals surface area contributed by atoms with Crippen LogP contribution in [-0.2, 0) is 0 Å². The summed E-state index contributed by atoms with van der Waals surface area (Å²) in [7, 11) is 0.846. The van der Waals surface area contributed by atoms with Crippen molar-refractivity contribution in [3.05, 3.63) is 76.9 Å². The first-order valence-electron chi connectivity index (χ1n) is 8.99. The van der Waals surface area contributed by atoms with Crippen molar-refractivity contribution in [3.63, 3.8) is 0 Å². The van der Waals surface area contributed by atoms with Crippen molar-refractivity contribution < 1.29 is 31.5 Å². The highest BCUT2D eigenvalue weighted by Crippen LogP contribution is 2.31. The Morgan fingerprint density at radius 1 is 1.00 bits per heavy atom. The predicted octanol–water partition coefficient (Wildman–Crippen LogP) is 5.62. The number of ether oxygens (including phenoxy) is 1. The molecule has 31 heavy (non-hydrogen) atoms. The molecule has 0 aliphatic rings. The van der Waals surface area contributed by atoms with Gasteiger partial charge in [0.1, 0.15) is 11.1 Å². The minimum Gasteiger partial charge on any atom is -0.491 e. The normalized spacial score (nSPS) is 11.0. The average molecular weight is 430 g/mol. The minimum absolute atomic E-state index is 0.0945. The second kappa shape index (κ2) is 7.75. The van der Waals surface area contributed by atoms with Crippen LogP contribution in [0.5, 0.6) is 5.75 Å². The first kappa shape index (κ1) is 20.4. The Bertz CT molecular complexity index is 1310. The van der Waals surface area contributed by atoms with Crippen molar-refractivity contribution in [2.75, 3.05) is 12.4 Å². The van der Waals surface area contributed by atoms with Crippen molar-refractivity contribution in [2.24, 2.45) is 0 Å². The van der Waals surface area contributed by atoms with Gasteiger partial charge in [-0.05, 0) is 37.3 Å². The first-order chi connectivity index (χ1) is 14.8. The van der Waals surface area contributed by atoms with Crippen LogP contribution in [0.4, 0.5) is 23.2 Å². The van der Waals surface area contributed by atoms with Gasteiger partial charge in [-0.3, -0.25) is 4.79 Å². The summed E-state index contributed by atoms with van der Waals surface area (Å²) < 4.78 is 66.1. The molecule has 1 N–H and O–H groups in total. The maximum atomic E-state index is 14.2. The Morgan fingerprint density at radius 2 is 1.71 bits per heavy atom. The van der Waals surface area contributed by atoms with Crippen LogP contribution in [0.15, 0.2) is 46.9 Å². The second-order valence-corrected chi connectivity index (χ2v) is 6.69. The molecule has 1 heterocycles. The molecule has 5 nitrogen and oxygen atoms in total. The number of hydrogen-bond donors (Lipinski definition) is 1. The van der Waals surface area contributed by atoms with Crippen LogP contribution in [-0.4, -0.2) is 18.0 Å². The number of oxazole rings is 1. The summed E-state index contributed by atoms with van der Waals surface area (Å²) in [4.78, 5) is 16.7. The molecule has 1 aromatic heterocycles. The molecule has 0 aliphatic heterocycles. The Labute approximate surface area is 173 Å². The molecule has 0 unspecified atom stereocenters. The molecule has 0 spiro atoms. The van der Waals surface area contributed by atoms with Gasteiger partial charge in [0.2, 0.25) is 17.5 Å². The number of nitrogens with zero attached hydrogens (tertiary/aromatic N) is 1. The van der Waals surface area contributed by atoms with Crippen molar-refractivity contribution in [1.29, 1.82) is 0 Å². The Balaban J connectivity index is 1.67. The molecule has 0 atom stereocenters. The number of carbonyl (C=O) groups excluding carboxylic acids is 1. The summed E-state index contributed by atoms with van der Waals surface area (Å²) in [5.74, 6) is -9.62. The van der Waals surface area contributed by atoms with Crippen LogP contribution in [0.3, 0.4) is 0 Å². The third kappa shape index (κ3) is 3.58. The molecule has 1 amide bonds. The molecule has 0 saturated carbocycles. The van der Waals surface area contributed by atoms with Gasteiger partial charge in [-0.15, -0.1) is 0 Å². The fourth-order valence-electron chi connectivity index (χ4n) is 3.09. The highest BCUT2D eigenvalue weighted by molar-refractivity contribution is 6.05. The predicted molar refractivity (Wildman–Crippen MR) is 105 cm³/mol. The van der Waals surface area contributed by atoms with Gasteiger partial charge >= 0.3 is 0 Å². The summed E-state index contributed by atoms with van der Waals surface area (Å²) in [6, 6.07) is 11.8. The zero-order valence-corrected chi connectivity index (χ0v) is 16.2. The van der Waals surface area contributed by atoms with Gasteiger partial charge in [-0.1, -0.05) is 17.7 Å². The Kier molecular flexibility index (Phi) is 5.10. The SMILES string of the molecule is COc1c(F)c(F)c(C(=O)Nc2ccc3oc(-c4cccc(C)c4)nc3c2)c(F)c1F. The van der Waals surface area contributed by atoms with E-state index in [0.717, 1.165) is 18.2 Å². The molecule has 0 fully saturated rings. The smallest absolute Gasteiger partial charge is 0.261 e. The number of amides is 1. The van der Waals surface area contributed by atoms with Crippen LogP contribution >= 0.6 is 0 Å². The fraction of sp³-hybridized carbons (Fsp3) is 0.0909. The standard InChI is InChI=1S/C22H14F4N2O3/c1-10-4-3-5-11(8-10)22-28-13-9-12(6-7-14(13)31-22)27-21(29)15-16(23)18(25)20(30-2)19(26)17(15)24/h3-9H,1-2H3,(H,27,29). The largest absolute Gasteiger partial charge is 0.491 e. The van der Waals surface area contributed by atoms with E-state index in [1.54, 1.807) is 0 Å². The molecule has 0 bridgehead atoms. The number of aromatic nitrogens is 1. The van der Waals surface area contributed by atoms with E-state index < -0.39 is 40.5 Å². The number of anilines is 1. The number of nitrogens with one attached hydrogen (secondary N) is 1. The summed E-state index contributed by atoms with van der Waals surface area (Å²) in [5, 5.41) is 2.21. The Hall–Kier alpha value is -3.88. The first-order valence-corrected chi connectivity index (χ1v) is 8.99. The molecule has 4 aromatic rings. The van der Waals surface area contributed by atoms with Crippen molar-refractivity contribution in [2.45, 2.75) is 6.92 Å². The molecule has 0 aliphatic carbocycles. The van der Waals surface area contributed by atoms with Gasteiger partial charge in [0.05, 0.1) is 7.11 Å². The van der Waals surface area contributed by atoms with Crippen LogP contribution in [0, 0.1) is 30.2 Å². The van der Waals surface area contributed by atoms with Crippen LogP contribution in [0.25, 0.3) is 22.6 Å².